The highest BCUT2D eigenvalue weighted by atomic mass is 35.5. The number of amides is 2. The predicted molar refractivity (Wildman–Crippen MR) is 126 cm³/mol. The van der Waals surface area contributed by atoms with E-state index in [0.717, 1.165) is 23.1 Å². The van der Waals surface area contributed by atoms with E-state index in [1.165, 1.54) is 4.90 Å². The van der Waals surface area contributed by atoms with Crippen LogP contribution in [0.4, 0.5) is 0 Å². The third-order valence-corrected chi connectivity index (χ3v) is 6.01. The van der Waals surface area contributed by atoms with Crippen molar-refractivity contribution in [1.82, 2.24) is 10.2 Å². The van der Waals surface area contributed by atoms with Gasteiger partial charge in [0.2, 0.25) is 5.91 Å². The van der Waals surface area contributed by atoms with Gasteiger partial charge in [-0.1, -0.05) is 42.3 Å². The lowest BCUT2D eigenvalue weighted by atomic mass is 10.1. The first-order chi connectivity index (χ1) is 14.6. The van der Waals surface area contributed by atoms with Crippen molar-refractivity contribution in [3.05, 3.63) is 63.1 Å². The van der Waals surface area contributed by atoms with Crippen molar-refractivity contribution in [1.29, 1.82) is 0 Å². The number of nitrogens with one attached hydrogen (secondary N) is 1. The van der Waals surface area contributed by atoms with E-state index in [9.17, 15) is 9.59 Å². The zero-order valence-corrected chi connectivity index (χ0v) is 20.2. The van der Waals surface area contributed by atoms with Crippen LogP contribution in [0.15, 0.2) is 36.4 Å². The molecule has 2 aromatic carbocycles. The summed E-state index contributed by atoms with van der Waals surface area (Å²) < 4.78 is 5.75. The van der Waals surface area contributed by atoms with Gasteiger partial charge in [-0.25, -0.2) is 0 Å². The van der Waals surface area contributed by atoms with Gasteiger partial charge in [0, 0.05) is 22.6 Å². The fraction of sp³-hybridized carbons (Fsp3) is 0.417. The van der Waals surface area contributed by atoms with Crippen LogP contribution >= 0.6 is 23.2 Å². The fourth-order valence-electron chi connectivity index (χ4n) is 3.10. The molecule has 7 heteroatoms. The Balaban J connectivity index is 2.19. The van der Waals surface area contributed by atoms with E-state index in [0.29, 0.717) is 15.8 Å². The number of rotatable bonds is 9. The number of ether oxygens (including phenoxy) is 1. The molecule has 31 heavy (non-hydrogen) atoms. The normalized spacial score (nSPS) is 12.7. The largest absolute Gasteiger partial charge is 0.484 e. The number of halogens is 2. The van der Waals surface area contributed by atoms with Crippen LogP contribution in [0.5, 0.6) is 5.75 Å². The minimum absolute atomic E-state index is 0.0225. The Morgan fingerprint density at radius 3 is 2.32 bits per heavy atom. The molecule has 0 heterocycles. The van der Waals surface area contributed by atoms with Crippen molar-refractivity contribution >= 4 is 35.0 Å². The Bertz CT molecular complexity index is 910. The van der Waals surface area contributed by atoms with E-state index in [1.54, 1.807) is 31.2 Å². The van der Waals surface area contributed by atoms with Crippen LogP contribution in [0.3, 0.4) is 0 Å². The molecular formula is C24H30Cl2N2O3. The van der Waals surface area contributed by atoms with Gasteiger partial charge in [-0.2, -0.15) is 0 Å². The second-order valence-corrected chi connectivity index (χ2v) is 8.62. The Morgan fingerprint density at radius 1 is 1.10 bits per heavy atom. The van der Waals surface area contributed by atoms with Crippen LogP contribution in [-0.4, -0.2) is 35.4 Å². The minimum Gasteiger partial charge on any atom is -0.484 e. The highest BCUT2D eigenvalue weighted by Gasteiger charge is 2.27. The molecule has 0 unspecified atom stereocenters. The maximum atomic E-state index is 13.1. The van der Waals surface area contributed by atoms with Crippen LogP contribution < -0.4 is 10.1 Å². The van der Waals surface area contributed by atoms with Crippen molar-refractivity contribution in [2.24, 2.45) is 0 Å². The molecule has 5 nitrogen and oxygen atoms in total. The van der Waals surface area contributed by atoms with E-state index < -0.39 is 6.04 Å². The molecular weight excluding hydrogens is 435 g/mol. The van der Waals surface area contributed by atoms with Gasteiger partial charge < -0.3 is 15.0 Å². The summed E-state index contributed by atoms with van der Waals surface area (Å²) in [4.78, 5) is 27.3. The molecule has 0 bridgehead atoms. The van der Waals surface area contributed by atoms with Crippen molar-refractivity contribution < 1.29 is 14.3 Å². The number of hydrogen-bond donors (Lipinski definition) is 1. The average Bonchev–Trinajstić information content (AvgIpc) is 2.73. The Kier molecular flexibility index (Phi) is 9.20. The van der Waals surface area contributed by atoms with E-state index in [4.69, 9.17) is 27.9 Å². The number of hydrogen-bond acceptors (Lipinski definition) is 3. The SMILES string of the molecule is CC[C@H](C)NC(=O)[C@H](C)N(Cc1cccc(Cl)c1)C(=O)COc1cc(C)c(Cl)c(C)c1. The second-order valence-electron chi connectivity index (χ2n) is 7.81. The summed E-state index contributed by atoms with van der Waals surface area (Å²) in [5.74, 6) is 0.0621. The number of benzene rings is 2. The Hall–Kier alpha value is -2.24. The Labute approximate surface area is 194 Å². The highest BCUT2D eigenvalue weighted by molar-refractivity contribution is 6.32. The molecule has 2 rings (SSSR count). The van der Waals surface area contributed by atoms with Gasteiger partial charge in [0.25, 0.3) is 5.91 Å². The van der Waals surface area contributed by atoms with Crippen molar-refractivity contribution in [2.45, 2.75) is 59.7 Å². The van der Waals surface area contributed by atoms with Crippen molar-refractivity contribution in [3.8, 4) is 5.75 Å². The first-order valence-electron chi connectivity index (χ1n) is 10.4. The summed E-state index contributed by atoms with van der Waals surface area (Å²) in [6.45, 7) is 9.47. The first-order valence-corrected chi connectivity index (χ1v) is 11.1. The average molecular weight is 465 g/mol. The molecule has 1 N–H and O–H groups in total. The molecule has 0 saturated heterocycles. The van der Waals surface area contributed by atoms with Crippen molar-refractivity contribution in [3.63, 3.8) is 0 Å². The molecule has 0 spiro atoms. The molecule has 168 valence electrons. The first kappa shape index (κ1) is 25.0. The summed E-state index contributed by atoms with van der Waals surface area (Å²) in [5.41, 5.74) is 2.59. The van der Waals surface area contributed by atoms with Gasteiger partial charge in [0.05, 0.1) is 0 Å². The van der Waals surface area contributed by atoms with Crippen LogP contribution in [-0.2, 0) is 16.1 Å². The molecule has 0 radical (unpaired) electrons. The molecule has 0 aliphatic rings. The minimum atomic E-state index is -0.669. The topological polar surface area (TPSA) is 58.6 Å². The molecule has 2 aromatic rings. The smallest absolute Gasteiger partial charge is 0.261 e. The highest BCUT2D eigenvalue weighted by Crippen LogP contribution is 2.26. The summed E-state index contributed by atoms with van der Waals surface area (Å²) in [6, 6.07) is 10.2. The van der Waals surface area contributed by atoms with Gasteiger partial charge >= 0.3 is 0 Å². The molecule has 0 aromatic heterocycles. The van der Waals surface area contributed by atoms with E-state index in [-0.39, 0.29) is 31.0 Å². The van der Waals surface area contributed by atoms with Crippen LogP contribution in [0.2, 0.25) is 10.0 Å². The quantitative estimate of drug-likeness (QED) is 0.545. The third kappa shape index (κ3) is 7.15. The van der Waals surface area contributed by atoms with Crippen LogP contribution in [0, 0.1) is 13.8 Å². The van der Waals surface area contributed by atoms with Crippen LogP contribution in [0.1, 0.15) is 43.9 Å². The maximum Gasteiger partial charge on any atom is 0.261 e. The summed E-state index contributed by atoms with van der Waals surface area (Å²) in [6.07, 6.45) is 0.805. The molecule has 2 amide bonds. The third-order valence-electron chi connectivity index (χ3n) is 5.18. The molecule has 2 atom stereocenters. The summed E-state index contributed by atoms with van der Waals surface area (Å²) >= 11 is 12.3. The van der Waals surface area contributed by atoms with Crippen molar-refractivity contribution in [2.75, 3.05) is 6.61 Å². The fourth-order valence-corrected chi connectivity index (χ4v) is 3.42. The van der Waals surface area contributed by atoms with E-state index in [1.807, 2.05) is 39.8 Å². The monoisotopic (exact) mass is 464 g/mol. The van der Waals surface area contributed by atoms with Gasteiger partial charge in [0.15, 0.2) is 6.61 Å². The lowest BCUT2D eigenvalue weighted by molar-refractivity contribution is -0.142. The molecule has 0 aliphatic carbocycles. The van der Waals surface area contributed by atoms with Gasteiger partial charge in [0.1, 0.15) is 11.8 Å². The zero-order valence-electron chi connectivity index (χ0n) is 18.7. The molecule has 0 fully saturated rings. The number of carbonyl (C=O) groups is 2. The van der Waals surface area contributed by atoms with E-state index >= 15 is 0 Å². The second kappa shape index (κ2) is 11.4. The zero-order chi connectivity index (χ0) is 23.1. The maximum absolute atomic E-state index is 13.1. The standard InChI is InChI=1S/C24H30Cl2N2O3/c1-6-17(4)27-24(30)18(5)28(13-19-8-7-9-20(25)12-19)22(29)14-31-21-10-15(2)23(26)16(3)11-21/h7-12,17-18H,6,13-14H2,1-5H3,(H,27,30)/t17-,18-/m0/s1. The number of carbonyl (C=O) groups excluding carboxylic acids is 2. The molecule has 0 saturated carbocycles. The summed E-state index contributed by atoms with van der Waals surface area (Å²) in [7, 11) is 0. The van der Waals surface area contributed by atoms with E-state index in [2.05, 4.69) is 5.32 Å². The number of aryl methyl sites for hydroxylation is 2. The lowest BCUT2D eigenvalue weighted by Gasteiger charge is -2.29. The summed E-state index contributed by atoms with van der Waals surface area (Å²) in [5, 5.41) is 4.19. The molecule has 0 aliphatic heterocycles. The number of nitrogens with zero attached hydrogens (tertiary/aromatic N) is 1. The van der Waals surface area contributed by atoms with Gasteiger partial charge in [-0.05, 0) is 75.1 Å². The predicted octanol–water partition coefficient (Wildman–Crippen LogP) is 5.32. The van der Waals surface area contributed by atoms with Gasteiger partial charge in [-0.15, -0.1) is 0 Å². The Morgan fingerprint density at radius 2 is 1.74 bits per heavy atom. The lowest BCUT2D eigenvalue weighted by Crippen LogP contribution is -2.50. The van der Waals surface area contributed by atoms with Gasteiger partial charge in [-0.3, -0.25) is 9.59 Å². The van der Waals surface area contributed by atoms with Crippen LogP contribution in [0.25, 0.3) is 0 Å².